The van der Waals surface area contributed by atoms with Crippen LogP contribution < -0.4 is 5.32 Å². The fraction of sp³-hybridized carbons (Fsp3) is 0.412. The van der Waals surface area contributed by atoms with Crippen molar-refractivity contribution < 1.29 is 9.53 Å². The van der Waals surface area contributed by atoms with Crippen LogP contribution in [0.3, 0.4) is 0 Å². The molecule has 3 rings (SSSR count). The van der Waals surface area contributed by atoms with Crippen molar-refractivity contribution in [2.45, 2.75) is 39.3 Å². The zero-order chi connectivity index (χ0) is 15.5. The van der Waals surface area contributed by atoms with Crippen LogP contribution in [0.5, 0.6) is 0 Å². The summed E-state index contributed by atoms with van der Waals surface area (Å²) in [6.07, 6.45) is 1.42. The molecule has 1 saturated heterocycles. The molecule has 5 heteroatoms. The van der Waals surface area contributed by atoms with Gasteiger partial charge in [0.05, 0.1) is 23.6 Å². The third-order valence-corrected chi connectivity index (χ3v) is 4.03. The average Bonchev–Trinajstić information content (AvgIpc) is 3.13. The fourth-order valence-electron chi connectivity index (χ4n) is 2.78. The summed E-state index contributed by atoms with van der Waals surface area (Å²) in [5.74, 6) is -0.0667. The van der Waals surface area contributed by atoms with E-state index in [9.17, 15) is 4.79 Å². The van der Waals surface area contributed by atoms with Gasteiger partial charge in [0.1, 0.15) is 6.10 Å². The maximum Gasteiger partial charge on any atom is 0.253 e. The summed E-state index contributed by atoms with van der Waals surface area (Å²) in [6, 6.07) is 10.2. The Morgan fingerprint density at radius 3 is 2.82 bits per heavy atom. The lowest BCUT2D eigenvalue weighted by Crippen LogP contribution is -2.27. The molecule has 1 aliphatic rings. The number of aromatic nitrogens is 2. The first-order valence-corrected chi connectivity index (χ1v) is 7.65. The number of nitrogens with zero attached hydrogens (tertiary/aromatic N) is 2. The second-order valence-corrected chi connectivity index (χ2v) is 5.68. The first kappa shape index (κ1) is 14.8. The van der Waals surface area contributed by atoms with Gasteiger partial charge in [-0.05, 0) is 32.3 Å². The third-order valence-electron chi connectivity index (χ3n) is 4.03. The molecule has 0 radical (unpaired) electrons. The largest absolute Gasteiger partial charge is 0.368 e. The summed E-state index contributed by atoms with van der Waals surface area (Å²) < 4.78 is 7.36. The predicted octanol–water partition coefficient (Wildman–Crippen LogP) is 2.67. The maximum atomic E-state index is 12.2. The van der Waals surface area contributed by atoms with Crippen molar-refractivity contribution in [2.24, 2.45) is 0 Å². The highest BCUT2D eigenvalue weighted by molar-refractivity contribution is 5.95. The van der Waals surface area contributed by atoms with Crippen molar-refractivity contribution >= 4 is 11.6 Å². The minimum absolute atomic E-state index is 0.0667. The highest BCUT2D eigenvalue weighted by Gasteiger charge is 2.25. The van der Waals surface area contributed by atoms with E-state index in [0.29, 0.717) is 13.2 Å². The summed E-state index contributed by atoms with van der Waals surface area (Å²) in [5, 5.41) is 7.53. The van der Waals surface area contributed by atoms with Crippen LogP contribution in [0.15, 0.2) is 30.3 Å². The zero-order valence-corrected chi connectivity index (χ0v) is 13.0. The van der Waals surface area contributed by atoms with Crippen LogP contribution in [0.4, 0.5) is 5.69 Å². The Morgan fingerprint density at radius 2 is 2.14 bits per heavy atom. The molecule has 0 aliphatic carbocycles. The normalized spacial score (nSPS) is 17.6. The lowest BCUT2D eigenvalue weighted by Gasteiger charge is -2.11. The number of nitrogens with one attached hydrogen (secondary N) is 1. The second-order valence-electron chi connectivity index (χ2n) is 5.68. The molecule has 1 aliphatic heterocycles. The van der Waals surface area contributed by atoms with Crippen LogP contribution in [-0.2, 0) is 16.1 Å². The number of carbonyl (C=O) groups is 1. The van der Waals surface area contributed by atoms with E-state index in [1.54, 1.807) is 0 Å². The summed E-state index contributed by atoms with van der Waals surface area (Å²) in [5.41, 5.74) is 3.79. The Hall–Kier alpha value is -2.14. The standard InChI is InChI=1S/C17H21N3O2/c1-12-16(18-17(21)15-9-6-10-22-15)13(2)20(19-12)11-14-7-4-3-5-8-14/h3-5,7-8,15H,6,9-11H2,1-2H3,(H,18,21)/t15-/m1/s1. The highest BCUT2D eigenvalue weighted by Crippen LogP contribution is 2.22. The van der Waals surface area contributed by atoms with E-state index in [4.69, 9.17) is 4.74 Å². The topological polar surface area (TPSA) is 56.2 Å². The molecule has 5 nitrogen and oxygen atoms in total. The van der Waals surface area contributed by atoms with Gasteiger partial charge in [0.15, 0.2) is 0 Å². The lowest BCUT2D eigenvalue weighted by atomic mass is 10.2. The first-order chi connectivity index (χ1) is 10.6. The number of aryl methyl sites for hydroxylation is 1. The van der Waals surface area contributed by atoms with Crippen LogP contribution in [0, 0.1) is 13.8 Å². The SMILES string of the molecule is Cc1nn(Cc2ccccc2)c(C)c1NC(=O)[C@H]1CCCO1. The quantitative estimate of drug-likeness (QED) is 0.944. The van der Waals surface area contributed by atoms with E-state index < -0.39 is 0 Å². The Balaban J connectivity index is 1.76. The molecule has 1 fully saturated rings. The zero-order valence-electron chi connectivity index (χ0n) is 13.0. The van der Waals surface area contributed by atoms with Gasteiger partial charge in [0.2, 0.25) is 0 Å². The molecule has 2 heterocycles. The van der Waals surface area contributed by atoms with E-state index in [0.717, 1.165) is 29.9 Å². The molecule has 1 aromatic carbocycles. The summed E-state index contributed by atoms with van der Waals surface area (Å²) in [4.78, 5) is 12.2. The van der Waals surface area contributed by atoms with Crippen molar-refractivity contribution in [1.29, 1.82) is 0 Å². The maximum absolute atomic E-state index is 12.2. The highest BCUT2D eigenvalue weighted by atomic mass is 16.5. The van der Waals surface area contributed by atoms with Gasteiger partial charge < -0.3 is 10.1 Å². The smallest absolute Gasteiger partial charge is 0.253 e. The minimum Gasteiger partial charge on any atom is -0.368 e. The fourth-order valence-corrected chi connectivity index (χ4v) is 2.78. The van der Waals surface area contributed by atoms with E-state index in [-0.39, 0.29) is 12.0 Å². The molecule has 2 aromatic rings. The van der Waals surface area contributed by atoms with Crippen LogP contribution >= 0.6 is 0 Å². The van der Waals surface area contributed by atoms with E-state index in [2.05, 4.69) is 22.5 Å². The van der Waals surface area contributed by atoms with Crippen molar-refractivity contribution in [2.75, 3.05) is 11.9 Å². The average molecular weight is 299 g/mol. The number of hydrogen-bond acceptors (Lipinski definition) is 3. The summed E-state index contributed by atoms with van der Waals surface area (Å²) in [7, 11) is 0. The molecule has 0 unspecified atom stereocenters. The molecule has 1 atom stereocenters. The molecular weight excluding hydrogens is 278 g/mol. The van der Waals surface area contributed by atoms with E-state index >= 15 is 0 Å². The molecular formula is C17H21N3O2. The van der Waals surface area contributed by atoms with Crippen LogP contribution in [-0.4, -0.2) is 28.4 Å². The Kier molecular flexibility index (Phi) is 4.24. The van der Waals surface area contributed by atoms with Crippen LogP contribution in [0.1, 0.15) is 29.8 Å². The van der Waals surface area contributed by atoms with Crippen molar-refractivity contribution in [3.8, 4) is 0 Å². The molecule has 1 amide bonds. The Morgan fingerprint density at radius 1 is 1.36 bits per heavy atom. The van der Waals surface area contributed by atoms with Gasteiger partial charge in [-0.1, -0.05) is 30.3 Å². The number of carbonyl (C=O) groups excluding carboxylic acids is 1. The van der Waals surface area contributed by atoms with Crippen molar-refractivity contribution in [3.63, 3.8) is 0 Å². The lowest BCUT2D eigenvalue weighted by molar-refractivity contribution is -0.124. The van der Waals surface area contributed by atoms with Gasteiger partial charge in [-0.2, -0.15) is 5.10 Å². The molecule has 116 valence electrons. The second kappa shape index (κ2) is 6.32. The van der Waals surface area contributed by atoms with Gasteiger partial charge in [-0.3, -0.25) is 9.48 Å². The first-order valence-electron chi connectivity index (χ1n) is 7.65. The molecule has 22 heavy (non-hydrogen) atoms. The van der Waals surface area contributed by atoms with Gasteiger partial charge in [-0.15, -0.1) is 0 Å². The number of hydrogen-bond donors (Lipinski definition) is 1. The van der Waals surface area contributed by atoms with Gasteiger partial charge in [0.25, 0.3) is 5.91 Å². The number of ether oxygens (including phenoxy) is 1. The van der Waals surface area contributed by atoms with Gasteiger partial charge in [0, 0.05) is 6.61 Å². The number of benzene rings is 1. The van der Waals surface area contributed by atoms with Gasteiger partial charge >= 0.3 is 0 Å². The summed E-state index contributed by atoms with van der Waals surface area (Å²) in [6.45, 7) is 5.26. The minimum atomic E-state index is -0.323. The van der Waals surface area contributed by atoms with E-state index in [1.165, 1.54) is 5.56 Å². The number of amides is 1. The molecule has 0 bridgehead atoms. The molecule has 1 N–H and O–H groups in total. The molecule has 0 saturated carbocycles. The van der Waals surface area contributed by atoms with E-state index in [1.807, 2.05) is 36.7 Å². The monoisotopic (exact) mass is 299 g/mol. The van der Waals surface area contributed by atoms with Crippen LogP contribution in [0.25, 0.3) is 0 Å². The molecule has 1 aromatic heterocycles. The number of rotatable bonds is 4. The van der Waals surface area contributed by atoms with Crippen LogP contribution in [0.2, 0.25) is 0 Å². The Bertz CT molecular complexity index is 658. The summed E-state index contributed by atoms with van der Waals surface area (Å²) >= 11 is 0. The van der Waals surface area contributed by atoms with Crippen molar-refractivity contribution in [1.82, 2.24) is 9.78 Å². The number of anilines is 1. The Labute approximate surface area is 130 Å². The molecule has 0 spiro atoms. The third kappa shape index (κ3) is 3.04. The van der Waals surface area contributed by atoms with Crippen molar-refractivity contribution in [3.05, 3.63) is 47.3 Å². The predicted molar refractivity (Wildman–Crippen MR) is 84.8 cm³/mol. The van der Waals surface area contributed by atoms with Gasteiger partial charge in [-0.25, -0.2) is 0 Å².